The molecule has 82 valence electrons. The van der Waals surface area contributed by atoms with Crippen LogP contribution in [0, 0.1) is 0 Å². The normalized spacial score (nSPS) is 24.2. The number of rotatable bonds is 6. The summed E-state index contributed by atoms with van der Waals surface area (Å²) >= 11 is 0. The maximum atomic E-state index is 11.0. The standard InChI is InChI=1S/C9H17NO3S/c1-13-6-3-2-5-10-9-4-7-14(11,12)8-9/h4,7,9-10H,2-3,5-6,8H2,1H3. The maximum Gasteiger partial charge on any atom is 0.173 e. The second-order valence-corrected chi connectivity index (χ2v) is 5.35. The molecule has 0 fully saturated rings. The van der Waals surface area contributed by atoms with Crippen LogP contribution >= 0.6 is 0 Å². The molecular weight excluding hydrogens is 202 g/mol. The zero-order chi connectivity index (χ0) is 10.4. The molecule has 14 heavy (non-hydrogen) atoms. The lowest BCUT2D eigenvalue weighted by Gasteiger charge is -2.08. The predicted octanol–water partition coefficient (Wildman–Crippen LogP) is 0.313. The predicted molar refractivity (Wildman–Crippen MR) is 55.8 cm³/mol. The van der Waals surface area contributed by atoms with Crippen LogP contribution in [0.1, 0.15) is 12.8 Å². The number of unbranched alkanes of at least 4 members (excludes halogenated alkanes) is 1. The van der Waals surface area contributed by atoms with E-state index in [-0.39, 0.29) is 11.8 Å². The van der Waals surface area contributed by atoms with Crippen molar-refractivity contribution in [2.75, 3.05) is 26.0 Å². The van der Waals surface area contributed by atoms with E-state index in [9.17, 15) is 8.42 Å². The van der Waals surface area contributed by atoms with Crippen LogP contribution in [0.3, 0.4) is 0 Å². The molecule has 1 atom stereocenters. The minimum Gasteiger partial charge on any atom is -0.385 e. The van der Waals surface area contributed by atoms with Gasteiger partial charge in [0.1, 0.15) is 0 Å². The average Bonchev–Trinajstić information content (AvgIpc) is 2.45. The van der Waals surface area contributed by atoms with Gasteiger partial charge in [-0.3, -0.25) is 0 Å². The third-order valence-corrected chi connectivity index (χ3v) is 3.51. The van der Waals surface area contributed by atoms with Gasteiger partial charge in [0.25, 0.3) is 0 Å². The van der Waals surface area contributed by atoms with E-state index >= 15 is 0 Å². The molecule has 0 aliphatic carbocycles. The van der Waals surface area contributed by atoms with Crippen molar-refractivity contribution in [3.8, 4) is 0 Å². The van der Waals surface area contributed by atoms with Crippen LogP contribution in [-0.4, -0.2) is 40.5 Å². The van der Waals surface area contributed by atoms with Crippen molar-refractivity contribution in [2.45, 2.75) is 18.9 Å². The number of hydrogen-bond acceptors (Lipinski definition) is 4. The Morgan fingerprint density at radius 2 is 2.29 bits per heavy atom. The zero-order valence-electron chi connectivity index (χ0n) is 8.40. The molecule has 0 saturated carbocycles. The van der Waals surface area contributed by atoms with Gasteiger partial charge in [0.2, 0.25) is 0 Å². The van der Waals surface area contributed by atoms with Crippen LogP contribution in [0.25, 0.3) is 0 Å². The first-order chi connectivity index (χ1) is 6.64. The van der Waals surface area contributed by atoms with Crippen molar-refractivity contribution >= 4 is 9.84 Å². The van der Waals surface area contributed by atoms with Crippen LogP contribution in [0.4, 0.5) is 0 Å². The molecule has 0 aromatic rings. The Hall–Kier alpha value is -0.390. The highest BCUT2D eigenvalue weighted by Crippen LogP contribution is 2.07. The van der Waals surface area contributed by atoms with E-state index in [0.717, 1.165) is 26.0 Å². The van der Waals surface area contributed by atoms with E-state index in [1.165, 1.54) is 5.41 Å². The van der Waals surface area contributed by atoms with E-state index in [1.807, 2.05) is 0 Å². The topological polar surface area (TPSA) is 55.4 Å². The Kier molecular flexibility index (Phi) is 4.57. The quantitative estimate of drug-likeness (QED) is 0.653. The lowest BCUT2D eigenvalue weighted by molar-refractivity contribution is 0.192. The maximum absolute atomic E-state index is 11.0. The first kappa shape index (κ1) is 11.7. The van der Waals surface area contributed by atoms with Crippen molar-refractivity contribution in [1.29, 1.82) is 0 Å². The van der Waals surface area contributed by atoms with E-state index in [2.05, 4.69) is 5.32 Å². The van der Waals surface area contributed by atoms with Crippen molar-refractivity contribution in [3.05, 3.63) is 11.5 Å². The number of ether oxygens (including phenoxy) is 1. The molecule has 1 aliphatic rings. The first-order valence-corrected chi connectivity index (χ1v) is 6.49. The Balaban J connectivity index is 2.07. The van der Waals surface area contributed by atoms with Gasteiger partial charge in [-0.2, -0.15) is 0 Å². The molecule has 1 rings (SSSR count). The number of nitrogens with one attached hydrogen (secondary N) is 1. The van der Waals surface area contributed by atoms with Gasteiger partial charge in [-0.15, -0.1) is 0 Å². The fourth-order valence-corrected chi connectivity index (χ4v) is 2.63. The summed E-state index contributed by atoms with van der Waals surface area (Å²) in [5, 5.41) is 4.47. The minimum atomic E-state index is -2.91. The summed E-state index contributed by atoms with van der Waals surface area (Å²) in [6, 6.07) is 0.00236. The minimum absolute atomic E-state index is 0.00236. The lowest BCUT2D eigenvalue weighted by Crippen LogP contribution is -2.30. The van der Waals surface area contributed by atoms with Crippen LogP contribution in [-0.2, 0) is 14.6 Å². The van der Waals surface area contributed by atoms with Gasteiger partial charge in [0, 0.05) is 25.2 Å². The molecule has 1 heterocycles. The highest BCUT2D eigenvalue weighted by molar-refractivity contribution is 7.94. The summed E-state index contributed by atoms with van der Waals surface area (Å²) < 4.78 is 27.0. The Morgan fingerprint density at radius 1 is 1.50 bits per heavy atom. The molecule has 1 unspecified atom stereocenters. The SMILES string of the molecule is COCCCCNC1C=CS(=O)(=O)C1. The summed E-state index contributed by atoms with van der Waals surface area (Å²) in [5.41, 5.74) is 0. The molecule has 0 aromatic carbocycles. The van der Waals surface area contributed by atoms with E-state index in [1.54, 1.807) is 13.2 Å². The zero-order valence-corrected chi connectivity index (χ0v) is 9.22. The Bertz CT molecular complexity index is 284. The van der Waals surface area contributed by atoms with Gasteiger partial charge in [-0.05, 0) is 19.4 Å². The third-order valence-electron chi connectivity index (χ3n) is 2.11. The average molecular weight is 219 g/mol. The monoisotopic (exact) mass is 219 g/mol. The number of methoxy groups -OCH3 is 1. The molecule has 1 N–H and O–H groups in total. The molecule has 4 nitrogen and oxygen atoms in total. The molecule has 0 aromatic heterocycles. The largest absolute Gasteiger partial charge is 0.385 e. The highest BCUT2D eigenvalue weighted by atomic mass is 32.2. The summed E-state index contributed by atoms with van der Waals surface area (Å²) in [5.74, 6) is 0.206. The fourth-order valence-electron chi connectivity index (χ4n) is 1.36. The summed E-state index contributed by atoms with van der Waals surface area (Å²) in [7, 11) is -1.23. The van der Waals surface area contributed by atoms with Gasteiger partial charge < -0.3 is 10.1 Å². The smallest absolute Gasteiger partial charge is 0.173 e. The second-order valence-electron chi connectivity index (χ2n) is 3.42. The van der Waals surface area contributed by atoms with Crippen molar-refractivity contribution in [3.63, 3.8) is 0 Å². The molecule has 0 spiro atoms. The van der Waals surface area contributed by atoms with Gasteiger partial charge in [0.15, 0.2) is 9.84 Å². The third kappa shape index (κ3) is 4.21. The molecule has 1 aliphatic heterocycles. The van der Waals surface area contributed by atoms with Gasteiger partial charge in [0.05, 0.1) is 5.75 Å². The molecule has 0 amide bonds. The van der Waals surface area contributed by atoms with E-state index in [0.29, 0.717) is 0 Å². The number of hydrogen-bond donors (Lipinski definition) is 1. The molecular formula is C9H17NO3S. The molecule has 0 bridgehead atoms. The summed E-state index contributed by atoms with van der Waals surface area (Å²) in [6.07, 6.45) is 3.73. The Morgan fingerprint density at radius 3 is 2.86 bits per heavy atom. The van der Waals surface area contributed by atoms with Gasteiger partial charge >= 0.3 is 0 Å². The first-order valence-electron chi connectivity index (χ1n) is 4.77. The van der Waals surface area contributed by atoms with Gasteiger partial charge in [-0.25, -0.2) is 8.42 Å². The van der Waals surface area contributed by atoms with Crippen molar-refractivity contribution in [2.24, 2.45) is 0 Å². The molecule has 0 radical (unpaired) electrons. The highest BCUT2D eigenvalue weighted by Gasteiger charge is 2.20. The summed E-state index contributed by atoms with van der Waals surface area (Å²) in [4.78, 5) is 0. The lowest BCUT2D eigenvalue weighted by atomic mass is 10.3. The van der Waals surface area contributed by atoms with Crippen LogP contribution in [0.15, 0.2) is 11.5 Å². The van der Waals surface area contributed by atoms with Crippen molar-refractivity contribution < 1.29 is 13.2 Å². The fraction of sp³-hybridized carbons (Fsp3) is 0.778. The number of sulfone groups is 1. The van der Waals surface area contributed by atoms with Crippen molar-refractivity contribution in [1.82, 2.24) is 5.32 Å². The second kappa shape index (κ2) is 5.48. The van der Waals surface area contributed by atoms with Gasteiger partial charge in [-0.1, -0.05) is 6.08 Å². The molecule has 0 saturated heterocycles. The van der Waals surface area contributed by atoms with E-state index in [4.69, 9.17) is 4.74 Å². The Labute approximate surface area is 85.3 Å². The van der Waals surface area contributed by atoms with Crippen LogP contribution < -0.4 is 5.32 Å². The van der Waals surface area contributed by atoms with Crippen LogP contribution in [0.2, 0.25) is 0 Å². The van der Waals surface area contributed by atoms with Crippen LogP contribution in [0.5, 0.6) is 0 Å². The summed E-state index contributed by atoms with van der Waals surface area (Å²) in [6.45, 7) is 1.61. The van der Waals surface area contributed by atoms with E-state index < -0.39 is 9.84 Å². The molecule has 5 heteroatoms.